The fourth-order valence-corrected chi connectivity index (χ4v) is 2.14. The first-order valence-corrected chi connectivity index (χ1v) is 7.61. The van der Waals surface area contributed by atoms with Crippen LogP contribution in [0, 0.1) is 0 Å². The van der Waals surface area contributed by atoms with E-state index in [-0.39, 0.29) is 0 Å². The van der Waals surface area contributed by atoms with Gasteiger partial charge in [-0.3, -0.25) is 4.98 Å². The maximum Gasteiger partial charge on any atom is 0.232 e. The molecule has 1 aliphatic carbocycles. The molecule has 1 aromatic heterocycles. The molecule has 21 heavy (non-hydrogen) atoms. The lowest BCUT2D eigenvalue weighted by atomic mass is 10.1. The Hall–Kier alpha value is -1.94. The highest BCUT2D eigenvalue weighted by Crippen LogP contribution is 2.19. The average Bonchev–Trinajstić information content (AvgIpc) is 3.36. The summed E-state index contributed by atoms with van der Waals surface area (Å²) in [6.45, 7) is 1.47. The summed E-state index contributed by atoms with van der Waals surface area (Å²) in [5, 5.41) is 3.42. The van der Waals surface area contributed by atoms with Crippen molar-refractivity contribution >= 4 is 0 Å². The van der Waals surface area contributed by atoms with Gasteiger partial charge in [-0.2, -0.15) is 0 Å². The van der Waals surface area contributed by atoms with Crippen LogP contribution < -0.4 is 10.1 Å². The maximum absolute atomic E-state index is 5.63. The lowest BCUT2D eigenvalue weighted by molar-refractivity contribution is 0.297. The van der Waals surface area contributed by atoms with E-state index in [1.165, 1.54) is 18.4 Å². The van der Waals surface area contributed by atoms with Crippen LogP contribution in [0.2, 0.25) is 0 Å². The van der Waals surface area contributed by atoms with Crippen LogP contribution in [-0.4, -0.2) is 22.6 Å². The normalized spacial score (nSPS) is 14.1. The predicted molar refractivity (Wildman–Crippen MR) is 82.2 cm³/mol. The lowest BCUT2D eigenvalue weighted by Gasteiger charge is -2.06. The van der Waals surface area contributed by atoms with Gasteiger partial charge in [-0.05, 0) is 31.2 Å². The summed E-state index contributed by atoms with van der Waals surface area (Å²) >= 11 is 0. The van der Waals surface area contributed by atoms with Gasteiger partial charge in [0.25, 0.3) is 0 Å². The highest BCUT2D eigenvalue weighted by Gasteiger charge is 2.20. The summed E-state index contributed by atoms with van der Waals surface area (Å²) < 4.78 is 5.63. The van der Waals surface area contributed by atoms with Crippen molar-refractivity contribution in [2.45, 2.75) is 38.3 Å². The second-order valence-electron chi connectivity index (χ2n) is 5.44. The Morgan fingerprint density at radius 3 is 2.67 bits per heavy atom. The Labute approximate surface area is 125 Å². The highest BCUT2D eigenvalue weighted by atomic mass is 16.5. The van der Waals surface area contributed by atoms with Gasteiger partial charge in [0.15, 0.2) is 0 Å². The van der Waals surface area contributed by atoms with Gasteiger partial charge in [-0.1, -0.05) is 30.3 Å². The fourth-order valence-electron chi connectivity index (χ4n) is 2.14. The third-order valence-electron chi connectivity index (χ3n) is 3.53. The minimum Gasteiger partial charge on any atom is -0.477 e. The molecule has 1 aliphatic rings. The van der Waals surface area contributed by atoms with E-state index in [2.05, 4.69) is 39.6 Å². The lowest BCUT2D eigenvalue weighted by Crippen LogP contribution is -2.16. The Morgan fingerprint density at radius 1 is 1.10 bits per heavy atom. The topological polar surface area (TPSA) is 47.0 Å². The molecule has 1 aromatic carbocycles. The first-order valence-electron chi connectivity index (χ1n) is 7.61. The van der Waals surface area contributed by atoms with Crippen molar-refractivity contribution in [3.8, 4) is 5.88 Å². The second-order valence-corrected chi connectivity index (χ2v) is 5.44. The van der Waals surface area contributed by atoms with Gasteiger partial charge in [0, 0.05) is 12.6 Å². The Balaban J connectivity index is 1.36. The van der Waals surface area contributed by atoms with Crippen LogP contribution in [0.1, 0.15) is 30.5 Å². The van der Waals surface area contributed by atoms with Gasteiger partial charge < -0.3 is 10.1 Å². The Kier molecular flexibility index (Phi) is 4.79. The molecule has 0 atom stereocenters. The molecular formula is C17H21N3O. The van der Waals surface area contributed by atoms with Crippen molar-refractivity contribution in [2.75, 3.05) is 6.61 Å². The summed E-state index contributed by atoms with van der Waals surface area (Å²) in [6, 6.07) is 11.1. The van der Waals surface area contributed by atoms with Gasteiger partial charge in [0.2, 0.25) is 5.88 Å². The summed E-state index contributed by atoms with van der Waals surface area (Å²) in [5.41, 5.74) is 2.31. The first kappa shape index (κ1) is 14.0. The van der Waals surface area contributed by atoms with Crippen molar-refractivity contribution in [1.82, 2.24) is 15.3 Å². The number of rotatable bonds is 8. The van der Waals surface area contributed by atoms with Gasteiger partial charge in [0.1, 0.15) is 0 Å². The Bertz CT molecular complexity index is 538. The molecule has 0 unspecified atom stereocenters. The van der Waals surface area contributed by atoms with Crippen LogP contribution in [-0.2, 0) is 13.0 Å². The van der Waals surface area contributed by atoms with Gasteiger partial charge >= 0.3 is 0 Å². The summed E-state index contributed by atoms with van der Waals surface area (Å²) in [7, 11) is 0. The molecule has 1 fully saturated rings. The fraction of sp³-hybridized carbons (Fsp3) is 0.412. The number of nitrogens with zero attached hydrogens (tertiary/aromatic N) is 2. The van der Waals surface area contributed by atoms with Gasteiger partial charge in [-0.25, -0.2) is 4.98 Å². The summed E-state index contributed by atoms with van der Waals surface area (Å²) in [4.78, 5) is 8.66. The molecule has 3 rings (SSSR count). The molecular weight excluding hydrogens is 262 g/mol. The second kappa shape index (κ2) is 7.18. The average molecular weight is 283 g/mol. The molecule has 0 bridgehead atoms. The zero-order valence-electron chi connectivity index (χ0n) is 12.2. The minimum atomic E-state index is 0.609. The molecule has 1 saturated carbocycles. The molecule has 110 valence electrons. The van der Waals surface area contributed by atoms with Crippen LogP contribution in [0.3, 0.4) is 0 Å². The molecule has 0 aliphatic heterocycles. The first-order chi connectivity index (χ1) is 10.4. The number of hydrogen-bond acceptors (Lipinski definition) is 4. The number of nitrogens with one attached hydrogen (secondary N) is 1. The monoisotopic (exact) mass is 283 g/mol. The van der Waals surface area contributed by atoms with Gasteiger partial charge in [-0.15, -0.1) is 0 Å². The highest BCUT2D eigenvalue weighted by molar-refractivity contribution is 5.14. The molecule has 0 saturated heterocycles. The zero-order valence-corrected chi connectivity index (χ0v) is 12.2. The summed E-state index contributed by atoms with van der Waals surface area (Å²) in [5.74, 6) is 0.609. The van der Waals surface area contributed by atoms with E-state index < -0.39 is 0 Å². The van der Waals surface area contributed by atoms with Crippen LogP contribution in [0.15, 0.2) is 42.7 Å². The SMILES string of the molecule is c1ccc(CCCOc2cnc(CNC3CC3)cn2)cc1. The number of hydrogen-bond donors (Lipinski definition) is 1. The van der Waals surface area contributed by atoms with Crippen LogP contribution in [0.5, 0.6) is 5.88 Å². The van der Waals surface area contributed by atoms with Crippen molar-refractivity contribution in [1.29, 1.82) is 0 Å². The molecule has 0 spiro atoms. The van der Waals surface area contributed by atoms with Crippen LogP contribution in [0.25, 0.3) is 0 Å². The van der Waals surface area contributed by atoms with Gasteiger partial charge in [0.05, 0.1) is 24.7 Å². The molecule has 0 amide bonds. The van der Waals surface area contributed by atoms with Crippen LogP contribution >= 0.6 is 0 Å². The van der Waals surface area contributed by atoms with Crippen molar-refractivity contribution < 1.29 is 4.74 Å². The Morgan fingerprint density at radius 2 is 1.95 bits per heavy atom. The third kappa shape index (κ3) is 4.83. The molecule has 0 radical (unpaired) electrons. The smallest absolute Gasteiger partial charge is 0.232 e. The largest absolute Gasteiger partial charge is 0.477 e. The van der Waals surface area contributed by atoms with E-state index in [0.717, 1.165) is 25.1 Å². The van der Waals surface area contributed by atoms with E-state index in [1.54, 1.807) is 12.4 Å². The molecule has 4 heteroatoms. The standard InChI is InChI=1S/C17H21N3O/c1-2-5-14(6-3-1)7-4-10-21-17-13-19-16(12-20-17)11-18-15-8-9-15/h1-3,5-6,12-13,15,18H,4,7-11H2. The third-order valence-corrected chi connectivity index (χ3v) is 3.53. The maximum atomic E-state index is 5.63. The van der Waals surface area contributed by atoms with E-state index in [0.29, 0.717) is 18.5 Å². The zero-order chi connectivity index (χ0) is 14.3. The number of benzene rings is 1. The van der Waals surface area contributed by atoms with Crippen molar-refractivity contribution in [2.24, 2.45) is 0 Å². The number of aryl methyl sites for hydroxylation is 1. The van der Waals surface area contributed by atoms with Crippen LogP contribution in [0.4, 0.5) is 0 Å². The minimum absolute atomic E-state index is 0.609. The molecule has 4 nitrogen and oxygen atoms in total. The van der Waals surface area contributed by atoms with E-state index >= 15 is 0 Å². The summed E-state index contributed by atoms with van der Waals surface area (Å²) in [6.07, 6.45) is 8.09. The number of aromatic nitrogens is 2. The van der Waals surface area contributed by atoms with E-state index in [1.807, 2.05) is 6.07 Å². The van der Waals surface area contributed by atoms with E-state index in [9.17, 15) is 0 Å². The molecule has 2 aromatic rings. The predicted octanol–water partition coefficient (Wildman–Crippen LogP) is 2.74. The van der Waals surface area contributed by atoms with Crippen molar-refractivity contribution in [3.05, 3.63) is 54.0 Å². The molecule has 1 N–H and O–H groups in total. The van der Waals surface area contributed by atoms with E-state index in [4.69, 9.17) is 4.74 Å². The molecule has 1 heterocycles. The van der Waals surface area contributed by atoms with Crippen molar-refractivity contribution in [3.63, 3.8) is 0 Å². The number of ether oxygens (including phenoxy) is 1. The quantitative estimate of drug-likeness (QED) is 0.757.